The Kier molecular flexibility index (Phi) is 1.14. The fourth-order valence-corrected chi connectivity index (χ4v) is 1.67. The van der Waals surface area contributed by atoms with Crippen molar-refractivity contribution >= 4 is 0 Å². The number of fused-ring (bicyclic) bond motifs is 1. The molecule has 1 aliphatic carbocycles. The Bertz CT molecular complexity index is 316. The lowest BCUT2D eigenvalue weighted by Crippen LogP contribution is -1.94. The Labute approximate surface area is 71.1 Å². The molecule has 3 rings (SSSR count). The highest BCUT2D eigenvalue weighted by atomic mass is 16.7. The number of ether oxygens (including phenoxy) is 2. The van der Waals surface area contributed by atoms with Gasteiger partial charge in [0, 0.05) is 5.56 Å². The van der Waals surface area contributed by atoms with E-state index in [2.05, 4.69) is 6.07 Å². The maximum Gasteiger partial charge on any atom is 0.231 e. The zero-order valence-corrected chi connectivity index (χ0v) is 6.75. The van der Waals surface area contributed by atoms with E-state index in [0.29, 0.717) is 6.79 Å². The lowest BCUT2D eigenvalue weighted by atomic mass is 10.1. The van der Waals surface area contributed by atoms with Gasteiger partial charge in [0.2, 0.25) is 6.79 Å². The molecule has 1 heterocycles. The first-order valence-electron chi connectivity index (χ1n) is 4.33. The number of rotatable bonds is 1. The molecule has 1 aromatic carbocycles. The van der Waals surface area contributed by atoms with E-state index in [4.69, 9.17) is 9.47 Å². The smallest absolute Gasteiger partial charge is 0.231 e. The minimum absolute atomic E-state index is 0.388. The molecule has 0 unspecified atom stereocenters. The van der Waals surface area contributed by atoms with Crippen LogP contribution in [0, 0.1) is 0 Å². The summed E-state index contributed by atoms with van der Waals surface area (Å²) in [6.45, 7) is 0.388. The van der Waals surface area contributed by atoms with Crippen LogP contribution in [0.2, 0.25) is 0 Å². The summed E-state index contributed by atoms with van der Waals surface area (Å²) in [5, 5.41) is 0. The van der Waals surface area contributed by atoms with Crippen LogP contribution in [0.5, 0.6) is 11.5 Å². The van der Waals surface area contributed by atoms with Gasteiger partial charge in [0.15, 0.2) is 11.5 Å². The lowest BCUT2D eigenvalue weighted by molar-refractivity contribution is 0.173. The number of benzene rings is 1. The highest BCUT2D eigenvalue weighted by molar-refractivity contribution is 5.50. The number of hydrogen-bond acceptors (Lipinski definition) is 2. The molecule has 1 saturated carbocycles. The fraction of sp³-hybridized carbons (Fsp3) is 0.400. The van der Waals surface area contributed by atoms with Gasteiger partial charge in [-0.15, -0.1) is 0 Å². The predicted octanol–water partition coefficient (Wildman–Crippen LogP) is 2.29. The van der Waals surface area contributed by atoms with Crippen molar-refractivity contribution in [2.24, 2.45) is 0 Å². The summed E-state index contributed by atoms with van der Waals surface area (Å²) < 4.78 is 10.7. The molecule has 0 aromatic heterocycles. The van der Waals surface area contributed by atoms with E-state index in [-0.39, 0.29) is 0 Å². The molecule has 1 fully saturated rings. The molecular weight excluding hydrogens is 152 g/mol. The van der Waals surface area contributed by atoms with Crippen LogP contribution in [-0.4, -0.2) is 6.79 Å². The molecule has 2 aliphatic rings. The first-order valence-corrected chi connectivity index (χ1v) is 4.33. The molecule has 0 N–H and O–H groups in total. The monoisotopic (exact) mass is 162 g/mol. The predicted molar refractivity (Wildman–Crippen MR) is 44.5 cm³/mol. The molecule has 0 radical (unpaired) electrons. The minimum atomic E-state index is 0.388. The molecule has 2 nitrogen and oxygen atoms in total. The topological polar surface area (TPSA) is 18.5 Å². The Balaban J connectivity index is 2.12. The second kappa shape index (κ2) is 2.16. The molecule has 0 atom stereocenters. The average Bonchev–Trinajstić information content (AvgIpc) is 2.82. The van der Waals surface area contributed by atoms with Crippen molar-refractivity contribution in [1.82, 2.24) is 0 Å². The normalized spacial score (nSPS) is 19.7. The largest absolute Gasteiger partial charge is 0.454 e. The average molecular weight is 162 g/mol. The van der Waals surface area contributed by atoms with Crippen molar-refractivity contribution in [2.75, 3.05) is 6.79 Å². The summed E-state index contributed by atoms with van der Waals surface area (Å²) in [4.78, 5) is 0. The van der Waals surface area contributed by atoms with Gasteiger partial charge in [-0.1, -0.05) is 12.1 Å². The van der Waals surface area contributed by atoms with Crippen molar-refractivity contribution in [3.63, 3.8) is 0 Å². The zero-order chi connectivity index (χ0) is 7.97. The van der Waals surface area contributed by atoms with Gasteiger partial charge < -0.3 is 9.47 Å². The van der Waals surface area contributed by atoms with E-state index >= 15 is 0 Å². The minimum Gasteiger partial charge on any atom is -0.454 e. The van der Waals surface area contributed by atoms with Crippen LogP contribution in [-0.2, 0) is 0 Å². The van der Waals surface area contributed by atoms with Gasteiger partial charge >= 0.3 is 0 Å². The SMILES string of the molecule is c1cc2c(c(C3CC3)c1)OCO2. The molecule has 2 heteroatoms. The maximum absolute atomic E-state index is 5.41. The van der Waals surface area contributed by atoms with E-state index < -0.39 is 0 Å². The molecule has 12 heavy (non-hydrogen) atoms. The van der Waals surface area contributed by atoms with Crippen LogP contribution in [0.4, 0.5) is 0 Å². The summed E-state index contributed by atoms with van der Waals surface area (Å²) in [5.74, 6) is 2.64. The van der Waals surface area contributed by atoms with Crippen molar-refractivity contribution < 1.29 is 9.47 Å². The molecule has 1 aromatic rings. The molecule has 0 spiro atoms. The van der Waals surface area contributed by atoms with Gasteiger partial charge in [0.1, 0.15) is 0 Å². The van der Waals surface area contributed by atoms with Gasteiger partial charge in [-0.3, -0.25) is 0 Å². The zero-order valence-electron chi connectivity index (χ0n) is 6.75. The van der Waals surface area contributed by atoms with E-state index in [1.165, 1.54) is 18.4 Å². The van der Waals surface area contributed by atoms with Crippen molar-refractivity contribution in [3.8, 4) is 11.5 Å². The molecule has 1 aliphatic heterocycles. The van der Waals surface area contributed by atoms with E-state index in [1.54, 1.807) is 0 Å². The van der Waals surface area contributed by atoms with E-state index in [1.807, 2.05) is 12.1 Å². The standard InChI is InChI=1S/C10H10O2/c1-2-8(7-4-5-7)10-9(3-1)11-6-12-10/h1-3,7H,4-6H2. The summed E-state index contributed by atoms with van der Waals surface area (Å²) in [7, 11) is 0. The number of hydrogen-bond donors (Lipinski definition) is 0. The third kappa shape index (κ3) is 0.809. The molecule has 0 amide bonds. The maximum atomic E-state index is 5.41. The number of para-hydroxylation sites is 1. The Morgan fingerprint density at radius 3 is 2.92 bits per heavy atom. The van der Waals surface area contributed by atoms with Gasteiger partial charge in [0.05, 0.1) is 0 Å². The van der Waals surface area contributed by atoms with Crippen LogP contribution in [0.15, 0.2) is 18.2 Å². The Morgan fingerprint density at radius 2 is 2.08 bits per heavy atom. The van der Waals surface area contributed by atoms with E-state index in [0.717, 1.165) is 17.4 Å². The third-order valence-electron chi connectivity index (χ3n) is 2.44. The van der Waals surface area contributed by atoms with Crippen LogP contribution in [0.25, 0.3) is 0 Å². The summed E-state index contributed by atoms with van der Waals surface area (Å²) in [6.07, 6.45) is 2.61. The van der Waals surface area contributed by atoms with Crippen LogP contribution in [0.3, 0.4) is 0 Å². The van der Waals surface area contributed by atoms with Crippen LogP contribution >= 0.6 is 0 Å². The Morgan fingerprint density at radius 1 is 1.17 bits per heavy atom. The van der Waals surface area contributed by atoms with Gasteiger partial charge in [-0.05, 0) is 24.8 Å². The second-order valence-corrected chi connectivity index (χ2v) is 3.36. The Hall–Kier alpha value is -1.18. The molecule has 0 saturated heterocycles. The van der Waals surface area contributed by atoms with Crippen molar-refractivity contribution in [3.05, 3.63) is 23.8 Å². The molecule has 62 valence electrons. The van der Waals surface area contributed by atoms with Crippen molar-refractivity contribution in [2.45, 2.75) is 18.8 Å². The fourth-order valence-electron chi connectivity index (χ4n) is 1.67. The first-order chi connectivity index (χ1) is 5.95. The van der Waals surface area contributed by atoms with Gasteiger partial charge in [0.25, 0.3) is 0 Å². The lowest BCUT2D eigenvalue weighted by Gasteiger charge is -2.02. The second-order valence-electron chi connectivity index (χ2n) is 3.36. The highest BCUT2D eigenvalue weighted by Gasteiger charge is 2.29. The highest BCUT2D eigenvalue weighted by Crippen LogP contribution is 2.48. The summed E-state index contributed by atoms with van der Waals surface area (Å²) >= 11 is 0. The van der Waals surface area contributed by atoms with Crippen LogP contribution in [0.1, 0.15) is 24.3 Å². The third-order valence-corrected chi connectivity index (χ3v) is 2.44. The summed E-state index contributed by atoms with van der Waals surface area (Å²) in [6, 6.07) is 6.15. The van der Waals surface area contributed by atoms with Crippen molar-refractivity contribution in [1.29, 1.82) is 0 Å². The quantitative estimate of drug-likeness (QED) is 0.630. The molecular formula is C10H10O2. The molecule has 0 bridgehead atoms. The van der Waals surface area contributed by atoms with E-state index in [9.17, 15) is 0 Å². The van der Waals surface area contributed by atoms with Crippen LogP contribution < -0.4 is 9.47 Å². The summed E-state index contributed by atoms with van der Waals surface area (Å²) in [5.41, 5.74) is 1.34. The van der Waals surface area contributed by atoms with Gasteiger partial charge in [-0.25, -0.2) is 0 Å². The first kappa shape index (κ1) is 6.35. The van der Waals surface area contributed by atoms with Gasteiger partial charge in [-0.2, -0.15) is 0 Å².